The zero-order valence-corrected chi connectivity index (χ0v) is 9.36. The van der Waals surface area contributed by atoms with Crippen molar-refractivity contribution >= 4 is 11.6 Å². The van der Waals surface area contributed by atoms with Crippen molar-refractivity contribution in [1.29, 1.82) is 0 Å². The number of phenolic OH excluding ortho intramolecular Hbond substituents is 1. The van der Waals surface area contributed by atoms with Crippen LogP contribution in [0.1, 0.15) is 23.2 Å². The van der Waals surface area contributed by atoms with Gasteiger partial charge < -0.3 is 15.3 Å². The van der Waals surface area contributed by atoms with Crippen LogP contribution >= 0.6 is 0 Å². The Morgan fingerprint density at radius 3 is 2.69 bits per heavy atom. The van der Waals surface area contributed by atoms with Gasteiger partial charge in [-0.25, -0.2) is 0 Å². The highest BCUT2D eigenvalue weighted by Gasteiger charge is 2.22. The van der Waals surface area contributed by atoms with Gasteiger partial charge in [-0.05, 0) is 25.0 Å². The largest absolute Gasteiger partial charge is 0.505 e. The van der Waals surface area contributed by atoms with Gasteiger partial charge in [-0.15, -0.1) is 0 Å². The third-order valence-electron chi connectivity index (χ3n) is 2.93. The summed E-state index contributed by atoms with van der Waals surface area (Å²) in [5, 5.41) is 12.8. The minimum absolute atomic E-state index is 0.0434. The number of nitrogens with one attached hydrogen (secondary N) is 1. The van der Waals surface area contributed by atoms with E-state index in [1.807, 2.05) is 0 Å². The number of carbonyl (C=O) groups is 1. The summed E-state index contributed by atoms with van der Waals surface area (Å²) < 4.78 is 0. The van der Waals surface area contributed by atoms with E-state index in [2.05, 4.69) is 5.32 Å². The molecule has 1 aliphatic rings. The van der Waals surface area contributed by atoms with E-state index in [1.54, 1.807) is 30.1 Å². The molecule has 1 heterocycles. The molecular weight excluding hydrogens is 204 g/mol. The van der Waals surface area contributed by atoms with E-state index in [0.717, 1.165) is 25.9 Å². The summed E-state index contributed by atoms with van der Waals surface area (Å²) in [6, 6.07) is 5.18. The molecule has 1 saturated heterocycles. The van der Waals surface area contributed by atoms with Gasteiger partial charge in [-0.1, -0.05) is 6.07 Å². The number of likely N-dealkylation sites (tertiary alicyclic amines) is 1. The van der Waals surface area contributed by atoms with Gasteiger partial charge in [0, 0.05) is 20.1 Å². The number of amides is 1. The number of para-hydroxylation sites is 1. The fraction of sp³-hybridized carbons (Fsp3) is 0.417. The lowest BCUT2D eigenvalue weighted by Gasteiger charge is -2.17. The fourth-order valence-electron chi connectivity index (χ4n) is 2.01. The molecule has 1 aromatic carbocycles. The second-order valence-corrected chi connectivity index (χ2v) is 3.95. The maximum Gasteiger partial charge on any atom is 0.257 e. The van der Waals surface area contributed by atoms with E-state index in [1.165, 1.54) is 0 Å². The van der Waals surface area contributed by atoms with Gasteiger partial charge in [0.25, 0.3) is 5.91 Å². The van der Waals surface area contributed by atoms with Crippen LogP contribution in [0.4, 0.5) is 5.69 Å². The van der Waals surface area contributed by atoms with Crippen LogP contribution < -0.4 is 5.32 Å². The number of aromatic hydroxyl groups is 1. The first-order valence-electron chi connectivity index (χ1n) is 5.53. The zero-order valence-electron chi connectivity index (χ0n) is 9.36. The molecule has 1 fully saturated rings. The van der Waals surface area contributed by atoms with Crippen LogP contribution in [0.2, 0.25) is 0 Å². The van der Waals surface area contributed by atoms with Gasteiger partial charge in [0.15, 0.2) is 5.75 Å². The van der Waals surface area contributed by atoms with Crippen LogP contribution in [-0.4, -0.2) is 36.1 Å². The van der Waals surface area contributed by atoms with Crippen molar-refractivity contribution in [1.82, 2.24) is 4.90 Å². The van der Waals surface area contributed by atoms with E-state index < -0.39 is 0 Å². The quantitative estimate of drug-likeness (QED) is 0.745. The van der Waals surface area contributed by atoms with Crippen molar-refractivity contribution in [2.24, 2.45) is 0 Å². The SMILES string of the molecule is CNc1cccc(C(=O)N2CCCC2)c1O. The first kappa shape index (κ1) is 10.8. The Kier molecular flexibility index (Phi) is 2.99. The number of carbonyl (C=O) groups excluding carboxylic acids is 1. The van der Waals surface area contributed by atoms with Gasteiger partial charge in [-0.2, -0.15) is 0 Å². The van der Waals surface area contributed by atoms with Gasteiger partial charge in [0.05, 0.1) is 11.3 Å². The van der Waals surface area contributed by atoms with Crippen LogP contribution in [0.5, 0.6) is 5.75 Å². The van der Waals surface area contributed by atoms with Gasteiger partial charge in [0.1, 0.15) is 0 Å². The summed E-state index contributed by atoms with van der Waals surface area (Å²) in [7, 11) is 1.72. The molecule has 0 radical (unpaired) electrons. The highest BCUT2D eigenvalue weighted by molar-refractivity contribution is 5.98. The van der Waals surface area contributed by atoms with Crippen molar-refractivity contribution in [2.75, 3.05) is 25.5 Å². The Labute approximate surface area is 94.9 Å². The van der Waals surface area contributed by atoms with Crippen molar-refractivity contribution in [3.63, 3.8) is 0 Å². The summed E-state index contributed by atoms with van der Waals surface area (Å²) in [5.74, 6) is -0.0333. The minimum Gasteiger partial charge on any atom is -0.505 e. The number of hydrogen-bond donors (Lipinski definition) is 2. The molecule has 1 amide bonds. The maximum absolute atomic E-state index is 12.1. The highest BCUT2D eigenvalue weighted by atomic mass is 16.3. The number of rotatable bonds is 2. The average Bonchev–Trinajstić information content (AvgIpc) is 2.82. The standard InChI is InChI=1S/C12H16N2O2/c1-13-10-6-4-5-9(11(10)15)12(16)14-7-2-3-8-14/h4-6,13,15H,2-3,7-8H2,1H3. The fourth-order valence-corrected chi connectivity index (χ4v) is 2.01. The second-order valence-electron chi connectivity index (χ2n) is 3.95. The van der Waals surface area contributed by atoms with Gasteiger partial charge >= 0.3 is 0 Å². The van der Waals surface area contributed by atoms with Crippen LogP contribution in [-0.2, 0) is 0 Å². The van der Waals surface area contributed by atoms with E-state index in [-0.39, 0.29) is 11.7 Å². The van der Waals surface area contributed by atoms with Crippen molar-refractivity contribution in [3.05, 3.63) is 23.8 Å². The summed E-state index contributed by atoms with van der Waals surface area (Å²) in [5.41, 5.74) is 0.971. The first-order chi connectivity index (χ1) is 7.74. The normalized spacial score (nSPS) is 15.2. The van der Waals surface area contributed by atoms with E-state index in [4.69, 9.17) is 0 Å². The Morgan fingerprint density at radius 1 is 1.38 bits per heavy atom. The molecule has 2 N–H and O–H groups in total. The molecule has 2 rings (SSSR count). The topological polar surface area (TPSA) is 52.6 Å². The Hall–Kier alpha value is -1.71. The molecule has 1 aromatic rings. The summed E-state index contributed by atoms with van der Waals surface area (Å²) in [4.78, 5) is 13.9. The van der Waals surface area contributed by atoms with E-state index >= 15 is 0 Å². The van der Waals surface area contributed by atoms with E-state index in [9.17, 15) is 9.90 Å². The highest BCUT2D eigenvalue weighted by Crippen LogP contribution is 2.28. The van der Waals surface area contributed by atoms with Crippen molar-refractivity contribution < 1.29 is 9.90 Å². The molecule has 4 heteroatoms. The summed E-state index contributed by atoms with van der Waals surface area (Å²) in [6.07, 6.45) is 2.11. The molecule has 0 atom stereocenters. The van der Waals surface area contributed by atoms with Crippen LogP contribution in [0, 0.1) is 0 Å². The van der Waals surface area contributed by atoms with E-state index in [0.29, 0.717) is 11.3 Å². The Balaban J connectivity index is 2.29. The summed E-state index contributed by atoms with van der Waals surface area (Å²) >= 11 is 0. The molecule has 1 aliphatic heterocycles. The smallest absolute Gasteiger partial charge is 0.257 e. The number of anilines is 1. The average molecular weight is 220 g/mol. The van der Waals surface area contributed by atoms with Crippen molar-refractivity contribution in [2.45, 2.75) is 12.8 Å². The third kappa shape index (κ3) is 1.83. The number of hydrogen-bond acceptors (Lipinski definition) is 3. The molecule has 86 valence electrons. The maximum atomic E-state index is 12.1. The third-order valence-corrected chi connectivity index (χ3v) is 2.93. The first-order valence-corrected chi connectivity index (χ1v) is 5.53. The monoisotopic (exact) mass is 220 g/mol. The molecule has 0 saturated carbocycles. The molecule has 0 aromatic heterocycles. The van der Waals surface area contributed by atoms with Gasteiger partial charge in [0.2, 0.25) is 0 Å². The minimum atomic E-state index is -0.0768. The predicted molar refractivity (Wildman–Crippen MR) is 62.8 cm³/mol. The summed E-state index contributed by atoms with van der Waals surface area (Å²) in [6.45, 7) is 1.59. The molecule has 16 heavy (non-hydrogen) atoms. The number of phenols is 1. The zero-order chi connectivity index (χ0) is 11.5. The number of benzene rings is 1. The molecular formula is C12H16N2O2. The lowest BCUT2D eigenvalue weighted by Crippen LogP contribution is -2.27. The second kappa shape index (κ2) is 4.43. The lowest BCUT2D eigenvalue weighted by molar-refractivity contribution is 0.0790. The predicted octanol–water partition coefficient (Wildman–Crippen LogP) is 1.67. The lowest BCUT2D eigenvalue weighted by atomic mass is 10.1. The van der Waals surface area contributed by atoms with Crippen LogP contribution in [0.25, 0.3) is 0 Å². The molecule has 0 aliphatic carbocycles. The molecule has 0 unspecified atom stereocenters. The molecule has 4 nitrogen and oxygen atoms in total. The Morgan fingerprint density at radius 2 is 2.06 bits per heavy atom. The number of nitrogens with zero attached hydrogens (tertiary/aromatic N) is 1. The van der Waals surface area contributed by atoms with Crippen LogP contribution in [0.15, 0.2) is 18.2 Å². The van der Waals surface area contributed by atoms with Crippen molar-refractivity contribution in [3.8, 4) is 5.75 Å². The van der Waals surface area contributed by atoms with Crippen LogP contribution in [0.3, 0.4) is 0 Å². The molecule has 0 bridgehead atoms. The van der Waals surface area contributed by atoms with Gasteiger partial charge in [-0.3, -0.25) is 4.79 Å². The molecule has 0 spiro atoms. The Bertz CT molecular complexity index is 398.